The van der Waals surface area contributed by atoms with Gasteiger partial charge in [-0.25, -0.2) is 4.98 Å². The van der Waals surface area contributed by atoms with Crippen molar-refractivity contribution in [2.24, 2.45) is 10.7 Å². The Kier molecular flexibility index (Phi) is 4.95. The highest BCUT2D eigenvalue weighted by atomic mass is 16.6. The van der Waals surface area contributed by atoms with Crippen LogP contribution in [-0.4, -0.2) is 28.0 Å². The van der Waals surface area contributed by atoms with Crippen molar-refractivity contribution in [3.8, 4) is 0 Å². The maximum Gasteiger partial charge on any atom is 0.271 e. The maximum absolute atomic E-state index is 11.2. The molecule has 0 bridgehead atoms. The Morgan fingerprint density at radius 2 is 1.84 bits per heavy atom. The first-order chi connectivity index (χ1) is 15.2. The predicted octanol–water partition coefficient (Wildman–Crippen LogP) is 4.79. The molecule has 0 saturated carbocycles. The van der Waals surface area contributed by atoms with Gasteiger partial charge < -0.3 is 10.7 Å². The van der Waals surface area contributed by atoms with Crippen LogP contribution in [0.3, 0.4) is 0 Å². The number of rotatable bonds is 7. The number of aromatic amines is 1. The predicted molar refractivity (Wildman–Crippen MR) is 124 cm³/mol. The van der Waals surface area contributed by atoms with Gasteiger partial charge in [-0.1, -0.05) is 37.1 Å². The lowest BCUT2D eigenvalue weighted by atomic mass is 10.1. The van der Waals surface area contributed by atoms with Gasteiger partial charge in [0.2, 0.25) is 0 Å². The van der Waals surface area contributed by atoms with Crippen LogP contribution >= 0.6 is 0 Å². The summed E-state index contributed by atoms with van der Waals surface area (Å²) < 4.78 is 0. The second kappa shape index (κ2) is 7.92. The standard InChI is InChI=1S/C24H23N5O2/c25-12-3-1-2-4-13-26-19-11-9-18-22-16(19)6-5-7-17(22)23-24(18)28-21-14-15(29(30)31)8-10-20(21)27-23/h5-11,14,28H,1-4,12-13,25H2. The van der Waals surface area contributed by atoms with Gasteiger partial charge in [0.15, 0.2) is 0 Å². The van der Waals surface area contributed by atoms with Crippen molar-refractivity contribution in [1.82, 2.24) is 9.97 Å². The van der Waals surface area contributed by atoms with Gasteiger partial charge in [-0.2, -0.15) is 0 Å². The minimum Gasteiger partial charge on any atom is -0.351 e. The van der Waals surface area contributed by atoms with Gasteiger partial charge in [-0.3, -0.25) is 15.1 Å². The number of hydrogen-bond acceptors (Lipinski definition) is 5. The molecule has 0 aliphatic heterocycles. The fourth-order valence-electron chi connectivity index (χ4n) is 4.34. The van der Waals surface area contributed by atoms with Crippen LogP contribution in [0, 0.1) is 10.1 Å². The number of aromatic nitrogens is 2. The van der Waals surface area contributed by atoms with E-state index in [-0.39, 0.29) is 10.6 Å². The van der Waals surface area contributed by atoms with Gasteiger partial charge in [0, 0.05) is 40.2 Å². The zero-order valence-corrected chi connectivity index (χ0v) is 17.1. The first-order valence-electron chi connectivity index (χ1n) is 10.6. The largest absolute Gasteiger partial charge is 0.351 e. The lowest BCUT2D eigenvalue weighted by Crippen LogP contribution is -2.04. The minimum atomic E-state index is -0.389. The van der Waals surface area contributed by atoms with E-state index < -0.39 is 0 Å². The van der Waals surface area contributed by atoms with Crippen LogP contribution in [0.25, 0.3) is 43.6 Å². The Balaban J connectivity index is 1.65. The molecular formula is C24H23N5O2. The van der Waals surface area contributed by atoms with Crippen molar-refractivity contribution in [3.63, 3.8) is 0 Å². The molecule has 1 aromatic heterocycles. The van der Waals surface area contributed by atoms with Crippen LogP contribution in [0.15, 0.2) is 53.5 Å². The van der Waals surface area contributed by atoms with Crippen LogP contribution in [0.1, 0.15) is 25.7 Å². The number of nitro benzene ring substituents is 1. The van der Waals surface area contributed by atoms with Crippen LogP contribution < -0.4 is 11.1 Å². The second-order valence-corrected chi connectivity index (χ2v) is 7.86. The van der Waals surface area contributed by atoms with Gasteiger partial charge in [0.05, 0.1) is 32.3 Å². The van der Waals surface area contributed by atoms with E-state index in [1.165, 1.54) is 12.1 Å². The van der Waals surface area contributed by atoms with E-state index >= 15 is 0 Å². The molecule has 0 aliphatic rings. The summed E-state index contributed by atoms with van der Waals surface area (Å²) in [5, 5.41) is 16.5. The molecule has 0 fully saturated rings. The number of nitrogens with zero attached hydrogens (tertiary/aromatic N) is 3. The van der Waals surface area contributed by atoms with Gasteiger partial charge in [0.25, 0.3) is 5.69 Å². The number of nitro groups is 1. The molecule has 4 aromatic carbocycles. The number of fused-ring (bicyclic) bond motifs is 4. The minimum absolute atomic E-state index is 0.0479. The molecule has 0 spiro atoms. The molecule has 3 N–H and O–H groups in total. The molecule has 0 unspecified atom stereocenters. The summed E-state index contributed by atoms with van der Waals surface area (Å²) in [6.45, 7) is 1.55. The molecule has 0 aliphatic carbocycles. The highest BCUT2D eigenvalue weighted by Gasteiger charge is 2.16. The number of unbranched alkanes of at least 4 members (excludes halogenated alkanes) is 3. The number of hydrogen-bond donors (Lipinski definition) is 2. The van der Waals surface area contributed by atoms with E-state index in [0.717, 1.165) is 76.7 Å². The van der Waals surface area contributed by atoms with Crippen LogP contribution in [0.5, 0.6) is 0 Å². The lowest BCUT2D eigenvalue weighted by molar-refractivity contribution is -0.384. The van der Waals surface area contributed by atoms with E-state index in [1.54, 1.807) is 6.07 Å². The van der Waals surface area contributed by atoms with E-state index in [0.29, 0.717) is 11.0 Å². The summed E-state index contributed by atoms with van der Waals surface area (Å²) >= 11 is 0. The van der Waals surface area contributed by atoms with Crippen molar-refractivity contribution in [3.05, 3.63) is 64.0 Å². The van der Waals surface area contributed by atoms with E-state index in [9.17, 15) is 10.1 Å². The number of benzene rings is 3. The average Bonchev–Trinajstić information content (AvgIpc) is 3.10. The summed E-state index contributed by atoms with van der Waals surface area (Å²) in [5.41, 5.74) is 8.74. The average molecular weight is 413 g/mol. The Hall–Kier alpha value is -3.58. The molecule has 0 atom stereocenters. The third-order valence-corrected chi connectivity index (χ3v) is 5.86. The first-order valence-corrected chi connectivity index (χ1v) is 10.6. The number of nitrogens with one attached hydrogen (secondary N) is 1. The molecule has 0 saturated heterocycles. The Morgan fingerprint density at radius 3 is 2.68 bits per heavy atom. The molecule has 0 radical (unpaired) electrons. The van der Waals surface area contributed by atoms with Crippen molar-refractivity contribution < 1.29 is 4.92 Å². The maximum atomic E-state index is 11.2. The van der Waals surface area contributed by atoms with Crippen molar-refractivity contribution in [1.29, 1.82) is 0 Å². The van der Waals surface area contributed by atoms with Gasteiger partial charge in [0.1, 0.15) is 0 Å². The van der Waals surface area contributed by atoms with Crippen molar-refractivity contribution in [2.45, 2.75) is 25.7 Å². The second-order valence-electron chi connectivity index (χ2n) is 7.86. The van der Waals surface area contributed by atoms with Crippen LogP contribution in [0.4, 0.5) is 5.69 Å². The smallest absolute Gasteiger partial charge is 0.271 e. The van der Waals surface area contributed by atoms with Crippen LogP contribution in [0.2, 0.25) is 0 Å². The highest BCUT2D eigenvalue weighted by Crippen LogP contribution is 2.36. The quantitative estimate of drug-likeness (QED) is 0.227. The third-order valence-electron chi connectivity index (χ3n) is 5.86. The number of non-ortho nitro benzene ring substituents is 1. The van der Waals surface area contributed by atoms with Crippen molar-refractivity contribution >= 4 is 49.3 Å². The molecular weight excluding hydrogens is 390 g/mol. The number of H-pyrrole nitrogens is 1. The van der Waals surface area contributed by atoms with Crippen LogP contribution in [-0.2, 0) is 0 Å². The fourth-order valence-corrected chi connectivity index (χ4v) is 4.34. The Morgan fingerprint density at radius 1 is 1.00 bits per heavy atom. The Bertz CT molecular complexity index is 1490. The molecule has 5 rings (SSSR count). The third kappa shape index (κ3) is 3.37. The topological polar surface area (TPSA) is 110 Å². The summed E-state index contributed by atoms with van der Waals surface area (Å²) in [5.74, 6) is 0. The fraction of sp³-hybridized carbons (Fsp3) is 0.250. The molecule has 1 heterocycles. The monoisotopic (exact) mass is 413 g/mol. The summed E-state index contributed by atoms with van der Waals surface area (Å²) in [6.07, 6.45) is 4.42. The zero-order valence-electron chi connectivity index (χ0n) is 17.1. The lowest BCUT2D eigenvalue weighted by Gasteiger charge is -2.01. The highest BCUT2D eigenvalue weighted by molar-refractivity contribution is 6.28. The van der Waals surface area contributed by atoms with E-state index in [4.69, 9.17) is 15.7 Å². The molecule has 156 valence electrons. The van der Waals surface area contributed by atoms with E-state index in [1.807, 2.05) is 6.07 Å². The van der Waals surface area contributed by atoms with Gasteiger partial charge >= 0.3 is 0 Å². The zero-order chi connectivity index (χ0) is 21.4. The normalized spacial score (nSPS) is 12.6. The Labute approximate surface area is 178 Å². The molecule has 7 nitrogen and oxygen atoms in total. The number of nitrogens with two attached hydrogens (primary N) is 1. The summed E-state index contributed by atoms with van der Waals surface area (Å²) in [4.78, 5) is 23.9. The van der Waals surface area contributed by atoms with Gasteiger partial charge in [-0.15, -0.1) is 0 Å². The van der Waals surface area contributed by atoms with Crippen molar-refractivity contribution in [2.75, 3.05) is 13.1 Å². The van der Waals surface area contributed by atoms with Gasteiger partial charge in [-0.05, 0) is 31.5 Å². The summed E-state index contributed by atoms with van der Waals surface area (Å²) in [7, 11) is 0. The summed E-state index contributed by atoms with van der Waals surface area (Å²) in [6, 6.07) is 15.1. The molecule has 7 heteroatoms. The van der Waals surface area contributed by atoms with E-state index in [2.05, 4.69) is 29.2 Å². The first kappa shape index (κ1) is 19.4. The molecule has 0 amide bonds. The molecule has 5 aromatic rings. The SMILES string of the molecule is NCCCCCCN=c1ccc2c3[nH]c4cc([N+](=O)[O-])ccc4nc3c3cccc1c32. The molecule has 31 heavy (non-hydrogen) atoms.